The summed E-state index contributed by atoms with van der Waals surface area (Å²) < 4.78 is 6.07. The van der Waals surface area contributed by atoms with Crippen molar-refractivity contribution in [3.8, 4) is 0 Å². The van der Waals surface area contributed by atoms with Crippen LogP contribution in [0.4, 0.5) is 0 Å². The minimum Gasteiger partial charge on any atom is -0.380 e. The van der Waals surface area contributed by atoms with E-state index in [1.165, 1.54) is 0 Å². The molecule has 0 aliphatic heterocycles. The number of halogens is 1. The van der Waals surface area contributed by atoms with Crippen molar-refractivity contribution in [3.05, 3.63) is 33.8 Å². The van der Waals surface area contributed by atoms with Crippen molar-refractivity contribution in [2.45, 2.75) is 26.8 Å². The smallest absolute Gasteiger partial charge is 0.252 e. The molecule has 1 aromatic rings. The van der Waals surface area contributed by atoms with Gasteiger partial charge in [-0.25, -0.2) is 0 Å². The Morgan fingerprint density at radius 1 is 1.53 bits per heavy atom. The Labute approximate surface area is 111 Å². The molecular weight excluding hydrogens is 282 g/mol. The number of aryl methyl sites for hydroxylation is 1. The molecule has 0 fully saturated rings. The van der Waals surface area contributed by atoms with Crippen molar-refractivity contribution in [1.29, 1.82) is 0 Å². The monoisotopic (exact) mass is 299 g/mol. The first kappa shape index (κ1) is 14.2. The van der Waals surface area contributed by atoms with Gasteiger partial charge in [-0.1, -0.05) is 6.07 Å². The van der Waals surface area contributed by atoms with Crippen LogP contribution >= 0.6 is 15.9 Å². The van der Waals surface area contributed by atoms with Crippen LogP contribution in [0.2, 0.25) is 0 Å². The molecule has 1 unspecified atom stereocenters. The van der Waals surface area contributed by atoms with Crippen LogP contribution in [0.15, 0.2) is 22.7 Å². The predicted octanol–water partition coefficient (Wildman–Crippen LogP) is 2.91. The normalized spacial score (nSPS) is 12.2. The van der Waals surface area contributed by atoms with Crippen molar-refractivity contribution in [2.24, 2.45) is 0 Å². The minimum atomic E-state index is -0.0796. The van der Waals surface area contributed by atoms with E-state index in [2.05, 4.69) is 21.2 Å². The van der Waals surface area contributed by atoms with Gasteiger partial charge in [-0.15, -0.1) is 0 Å². The van der Waals surface area contributed by atoms with Gasteiger partial charge in [-0.2, -0.15) is 0 Å². The molecule has 0 spiro atoms. The Kier molecular flexibility index (Phi) is 5.65. The van der Waals surface area contributed by atoms with E-state index in [0.717, 1.165) is 10.0 Å². The van der Waals surface area contributed by atoms with Gasteiger partial charge >= 0.3 is 0 Å². The molecule has 0 heterocycles. The lowest BCUT2D eigenvalue weighted by Gasteiger charge is -2.14. The first-order valence-corrected chi connectivity index (χ1v) is 6.48. The summed E-state index contributed by atoms with van der Waals surface area (Å²) in [7, 11) is 0. The third kappa shape index (κ3) is 4.48. The molecule has 0 aliphatic carbocycles. The fourth-order valence-corrected chi connectivity index (χ4v) is 2.12. The summed E-state index contributed by atoms with van der Waals surface area (Å²) in [6.07, 6.45) is 0. The molecule has 0 radical (unpaired) electrons. The highest BCUT2D eigenvalue weighted by Crippen LogP contribution is 2.18. The van der Waals surface area contributed by atoms with Crippen LogP contribution in [0.3, 0.4) is 0 Å². The molecule has 0 aliphatic rings. The molecule has 1 N–H and O–H groups in total. The largest absolute Gasteiger partial charge is 0.380 e. The van der Waals surface area contributed by atoms with Gasteiger partial charge in [-0.05, 0) is 54.4 Å². The highest BCUT2D eigenvalue weighted by molar-refractivity contribution is 9.10. The molecule has 3 nitrogen and oxygen atoms in total. The zero-order valence-electron chi connectivity index (χ0n) is 10.4. The number of hydrogen-bond donors (Lipinski definition) is 1. The number of ether oxygens (including phenoxy) is 1. The molecule has 1 amide bonds. The van der Waals surface area contributed by atoms with E-state index in [4.69, 9.17) is 4.74 Å². The van der Waals surface area contributed by atoms with Crippen molar-refractivity contribution in [3.63, 3.8) is 0 Å². The summed E-state index contributed by atoms with van der Waals surface area (Å²) in [6.45, 7) is 7.05. The summed E-state index contributed by atoms with van der Waals surface area (Å²) in [5.41, 5.74) is 1.77. The Morgan fingerprint density at radius 2 is 2.24 bits per heavy atom. The second-order valence-electron chi connectivity index (χ2n) is 4.02. The number of carbonyl (C=O) groups is 1. The third-order valence-electron chi connectivity index (χ3n) is 2.32. The molecule has 0 bridgehead atoms. The standard InChI is InChI=1S/C13H18BrNO2/c1-4-17-8-10(3)15-13(16)11-6-5-9(2)7-12(11)14/h5-7,10H,4,8H2,1-3H3,(H,15,16). The summed E-state index contributed by atoms with van der Waals surface area (Å²) >= 11 is 3.40. The molecule has 1 rings (SSSR count). The lowest BCUT2D eigenvalue weighted by molar-refractivity contribution is 0.0871. The second-order valence-corrected chi connectivity index (χ2v) is 4.87. The Balaban J connectivity index is 2.63. The van der Waals surface area contributed by atoms with E-state index in [1.807, 2.05) is 39.0 Å². The molecule has 0 saturated heterocycles. The number of rotatable bonds is 5. The Bertz CT molecular complexity index is 393. The van der Waals surface area contributed by atoms with Gasteiger partial charge in [-0.3, -0.25) is 4.79 Å². The Hall–Kier alpha value is -0.870. The zero-order chi connectivity index (χ0) is 12.8. The van der Waals surface area contributed by atoms with Crippen LogP contribution in [0.25, 0.3) is 0 Å². The zero-order valence-corrected chi connectivity index (χ0v) is 12.0. The van der Waals surface area contributed by atoms with Gasteiger partial charge < -0.3 is 10.1 Å². The number of amides is 1. The maximum atomic E-state index is 12.0. The number of hydrogen-bond acceptors (Lipinski definition) is 2. The second kappa shape index (κ2) is 6.77. The van der Waals surface area contributed by atoms with Crippen LogP contribution in [-0.4, -0.2) is 25.2 Å². The van der Waals surface area contributed by atoms with Gasteiger partial charge in [0.2, 0.25) is 0 Å². The molecular formula is C13H18BrNO2. The van der Waals surface area contributed by atoms with E-state index in [0.29, 0.717) is 18.8 Å². The number of benzene rings is 1. The van der Waals surface area contributed by atoms with Crippen molar-refractivity contribution in [1.82, 2.24) is 5.32 Å². The summed E-state index contributed by atoms with van der Waals surface area (Å²) in [6, 6.07) is 5.69. The first-order valence-electron chi connectivity index (χ1n) is 5.69. The van der Waals surface area contributed by atoms with Crippen LogP contribution < -0.4 is 5.32 Å². The van der Waals surface area contributed by atoms with Gasteiger partial charge in [0.05, 0.1) is 12.2 Å². The fourth-order valence-electron chi connectivity index (χ4n) is 1.44. The Morgan fingerprint density at radius 3 is 2.82 bits per heavy atom. The lowest BCUT2D eigenvalue weighted by atomic mass is 10.1. The van der Waals surface area contributed by atoms with Gasteiger partial charge in [0.1, 0.15) is 0 Å². The molecule has 1 aromatic carbocycles. The van der Waals surface area contributed by atoms with Crippen molar-refractivity contribution < 1.29 is 9.53 Å². The minimum absolute atomic E-state index is 0.00986. The maximum absolute atomic E-state index is 12.0. The van der Waals surface area contributed by atoms with E-state index >= 15 is 0 Å². The van der Waals surface area contributed by atoms with E-state index in [-0.39, 0.29) is 11.9 Å². The van der Waals surface area contributed by atoms with Crippen molar-refractivity contribution >= 4 is 21.8 Å². The molecule has 1 atom stereocenters. The van der Waals surface area contributed by atoms with Crippen LogP contribution in [0, 0.1) is 6.92 Å². The lowest BCUT2D eigenvalue weighted by Crippen LogP contribution is -2.36. The fraction of sp³-hybridized carbons (Fsp3) is 0.462. The number of nitrogens with one attached hydrogen (secondary N) is 1. The summed E-state index contributed by atoms with van der Waals surface area (Å²) in [5.74, 6) is -0.0796. The summed E-state index contributed by atoms with van der Waals surface area (Å²) in [5, 5.41) is 2.90. The molecule has 4 heteroatoms. The molecule has 0 aromatic heterocycles. The van der Waals surface area contributed by atoms with Crippen LogP contribution in [0.5, 0.6) is 0 Å². The number of carbonyl (C=O) groups excluding carboxylic acids is 1. The third-order valence-corrected chi connectivity index (χ3v) is 2.97. The molecule has 94 valence electrons. The van der Waals surface area contributed by atoms with E-state index in [1.54, 1.807) is 0 Å². The summed E-state index contributed by atoms with van der Waals surface area (Å²) in [4.78, 5) is 12.0. The van der Waals surface area contributed by atoms with E-state index < -0.39 is 0 Å². The maximum Gasteiger partial charge on any atom is 0.252 e. The van der Waals surface area contributed by atoms with Crippen molar-refractivity contribution in [2.75, 3.05) is 13.2 Å². The topological polar surface area (TPSA) is 38.3 Å². The van der Waals surface area contributed by atoms with Crippen LogP contribution in [0.1, 0.15) is 29.8 Å². The first-order chi connectivity index (χ1) is 8.04. The van der Waals surface area contributed by atoms with Gasteiger partial charge in [0.25, 0.3) is 5.91 Å². The average Bonchev–Trinajstić information content (AvgIpc) is 2.26. The quantitative estimate of drug-likeness (QED) is 0.908. The highest BCUT2D eigenvalue weighted by atomic mass is 79.9. The highest BCUT2D eigenvalue weighted by Gasteiger charge is 2.12. The van der Waals surface area contributed by atoms with Gasteiger partial charge in [0, 0.05) is 17.1 Å². The van der Waals surface area contributed by atoms with E-state index in [9.17, 15) is 4.79 Å². The van der Waals surface area contributed by atoms with Crippen LogP contribution in [-0.2, 0) is 4.74 Å². The molecule has 0 saturated carbocycles. The SMILES string of the molecule is CCOCC(C)NC(=O)c1ccc(C)cc1Br. The molecule has 17 heavy (non-hydrogen) atoms. The van der Waals surface area contributed by atoms with Gasteiger partial charge in [0.15, 0.2) is 0 Å². The average molecular weight is 300 g/mol. The predicted molar refractivity (Wildman–Crippen MR) is 72.3 cm³/mol.